The van der Waals surface area contributed by atoms with Crippen molar-refractivity contribution in [1.29, 1.82) is 0 Å². The highest BCUT2D eigenvalue weighted by Crippen LogP contribution is 2.30. The van der Waals surface area contributed by atoms with Crippen LogP contribution in [-0.4, -0.2) is 15.0 Å². The van der Waals surface area contributed by atoms with E-state index in [0.717, 1.165) is 21.3 Å². The minimum absolute atomic E-state index is 0.434. The van der Waals surface area contributed by atoms with E-state index >= 15 is 0 Å². The van der Waals surface area contributed by atoms with Crippen molar-refractivity contribution in [2.24, 2.45) is 0 Å². The molecule has 3 aromatic heterocycles. The van der Waals surface area contributed by atoms with Crippen molar-refractivity contribution in [1.82, 2.24) is 15.0 Å². The second-order valence-electron chi connectivity index (χ2n) is 4.82. The van der Waals surface area contributed by atoms with Crippen molar-refractivity contribution in [3.63, 3.8) is 0 Å². The molecule has 4 rings (SSSR count). The molecule has 0 aliphatic carbocycles. The van der Waals surface area contributed by atoms with Gasteiger partial charge in [-0.15, -0.1) is 11.3 Å². The van der Waals surface area contributed by atoms with Crippen LogP contribution in [0.1, 0.15) is 5.56 Å². The van der Waals surface area contributed by atoms with E-state index in [1.165, 1.54) is 11.3 Å². The van der Waals surface area contributed by atoms with Gasteiger partial charge < -0.3 is 10.5 Å². The lowest BCUT2D eigenvalue weighted by atomic mass is 10.2. The maximum Gasteiger partial charge on any atom is 0.214 e. The number of rotatable bonds is 3. The number of nitrogen functional groups attached to an aromatic ring is 1. The monoisotopic (exact) mass is 308 g/mol. The van der Waals surface area contributed by atoms with Crippen molar-refractivity contribution in [3.8, 4) is 5.88 Å². The van der Waals surface area contributed by atoms with Crippen molar-refractivity contribution in [3.05, 3.63) is 53.5 Å². The highest BCUT2D eigenvalue weighted by atomic mass is 32.1. The van der Waals surface area contributed by atoms with E-state index in [9.17, 15) is 0 Å². The van der Waals surface area contributed by atoms with Gasteiger partial charge in [-0.05, 0) is 11.6 Å². The van der Waals surface area contributed by atoms with Crippen molar-refractivity contribution in [2.45, 2.75) is 6.61 Å². The van der Waals surface area contributed by atoms with E-state index in [1.54, 1.807) is 5.51 Å². The number of anilines is 1. The SMILES string of the molecule is Nc1nc2ccc(OCc3ccccc3)nc2c2scnc12. The molecule has 0 aliphatic heterocycles. The van der Waals surface area contributed by atoms with E-state index in [4.69, 9.17) is 10.5 Å². The van der Waals surface area contributed by atoms with Crippen molar-refractivity contribution >= 4 is 38.4 Å². The fourth-order valence-corrected chi connectivity index (χ4v) is 3.08. The third-order valence-electron chi connectivity index (χ3n) is 3.34. The molecule has 0 unspecified atom stereocenters. The van der Waals surface area contributed by atoms with Crippen LogP contribution in [0.15, 0.2) is 48.0 Å². The predicted molar refractivity (Wildman–Crippen MR) is 87.9 cm³/mol. The lowest BCUT2D eigenvalue weighted by molar-refractivity contribution is 0.295. The number of nitrogens with two attached hydrogens (primary N) is 1. The summed E-state index contributed by atoms with van der Waals surface area (Å²) in [5, 5.41) is 0. The molecule has 3 heterocycles. The van der Waals surface area contributed by atoms with E-state index in [-0.39, 0.29) is 0 Å². The maximum atomic E-state index is 5.91. The van der Waals surface area contributed by atoms with E-state index < -0.39 is 0 Å². The molecule has 6 heteroatoms. The second kappa shape index (κ2) is 5.23. The maximum absolute atomic E-state index is 5.91. The van der Waals surface area contributed by atoms with E-state index in [0.29, 0.717) is 23.8 Å². The van der Waals surface area contributed by atoms with Crippen molar-refractivity contribution in [2.75, 3.05) is 5.73 Å². The van der Waals surface area contributed by atoms with Gasteiger partial charge in [-0.3, -0.25) is 0 Å². The number of aromatic nitrogens is 3. The Labute approximate surface area is 130 Å². The number of thiazole rings is 1. The molecular weight excluding hydrogens is 296 g/mol. The summed E-state index contributed by atoms with van der Waals surface area (Å²) in [5.41, 5.74) is 11.0. The standard InChI is InChI=1S/C16H12N4OS/c17-16-14-15(22-9-18-14)13-11(19-16)6-7-12(20-13)21-8-10-4-2-1-3-5-10/h1-7,9H,8H2,(H2,17,19). The number of benzene rings is 1. The summed E-state index contributed by atoms with van der Waals surface area (Å²) in [5.74, 6) is 1.00. The first kappa shape index (κ1) is 13.0. The van der Waals surface area contributed by atoms with Crippen molar-refractivity contribution < 1.29 is 4.74 Å². The largest absolute Gasteiger partial charge is 0.473 e. The Kier molecular flexibility index (Phi) is 3.08. The topological polar surface area (TPSA) is 73.9 Å². The predicted octanol–water partition coefficient (Wildman–Crippen LogP) is 3.40. The lowest BCUT2D eigenvalue weighted by Crippen LogP contribution is -1.98. The fraction of sp³-hybridized carbons (Fsp3) is 0.0625. The minimum atomic E-state index is 0.434. The Hall–Kier alpha value is -2.73. The second-order valence-corrected chi connectivity index (χ2v) is 5.67. The molecule has 0 spiro atoms. The molecule has 5 nitrogen and oxygen atoms in total. The molecule has 0 saturated heterocycles. The summed E-state index contributed by atoms with van der Waals surface area (Å²) in [4.78, 5) is 13.1. The van der Waals surface area contributed by atoms with Gasteiger partial charge in [0.05, 0.1) is 15.7 Å². The summed E-state index contributed by atoms with van der Waals surface area (Å²) in [6.07, 6.45) is 0. The van der Waals surface area contributed by atoms with Gasteiger partial charge in [0.2, 0.25) is 5.88 Å². The molecule has 2 N–H and O–H groups in total. The third kappa shape index (κ3) is 2.23. The number of hydrogen-bond acceptors (Lipinski definition) is 6. The van der Waals surface area contributed by atoms with Crippen LogP contribution in [0.25, 0.3) is 21.3 Å². The van der Waals surface area contributed by atoms with Crippen LogP contribution < -0.4 is 10.5 Å². The fourth-order valence-electron chi connectivity index (χ4n) is 2.28. The van der Waals surface area contributed by atoms with Gasteiger partial charge in [-0.25, -0.2) is 15.0 Å². The molecule has 22 heavy (non-hydrogen) atoms. The number of fused-ring (bicyclic) bond motifs is 3. The molecule has 1 aromatic carbocycles. The van der Waals surface area contributed by atoms with E-state index in [1.807, 2.05) is 42.5 Å². The quantitative estimate of drug-likeness (QED) is 0.628. The zero-order chi connectivity index (χ0) is 14.9. The summed E-state index contributed by atoms with van der Waals surface area (Å²) < 4.78 is 6.71. The van der Waals surface area contributed by atoms with Gasteiger partial charge in [0.15, 0.2) is 5.82 Å². The first-order valence-corrected chi connectivity index (χ1v) is 7.65. The first-order chi connectivity index (χ1) is 10.8. The van der Waals surface area contributed by atoms with Crippen LogP contribution in [0, 0.1) is 0 Å². The van der Waals surface area contributed by atoms with Gasteiger partial charge in [-0.2, -0.15) is 0 Å². The molecular formula is C16H12N4OS. The van der Waals surface area contributed by atoms with Crippen LogP contribution in [0.4, 0.5) is 5.82 Å². The highest BCUT2D eigenvalue weighted by Gasteiger charge is 2.11. The Morgan fingerprint density at radius 3 is 2.73 bits per heavy atom. The number of nitrogens with zero attached hydrogens (tertiary/aromatic N) is 3. The summed E-state index contributed by atoms with van der Waals surface area (Å²) in [7, 11) is 0. The minimum Gasteiger partial charge on any atom is -0.473 e. The molecule has 0 atom stereocenters. The van der Waals surface area contributed by atoms with Gasteiger partial charge in [0, 0.05) is 6.07 Å². The zero-order valence-electron chi connectivity index (χ0n) is 11.6. The average molecular weight is 308 g/mol. The molecule has 0 saturated carbocycles. The molecule has 4 aromatic rings. The first-order valence-electron chi connectivity index (χ1n) is 6.77. The average Bonchev–Trinajstić information content (AvgIpc) is 3.05. The van der Waals surface area contributed by atoms with Crippen LogP contribution in [0.3, 0.4) is 0 Å². The molecule has 0 fully saturated rings. The highest BCUT2D eigenvalue weighted by molar-refractivity contribution is 7.17. The molecule has 0 aliphatic rings. The van der Waals surface area contributed by atoms with Crippen LogP contribution >= 0.6 is 11.3 Å². The number of ether oxygens (including phenoxy) is 1. The Morgan fingerprint density at radius 2 is 1.86 bits per heavy atom. The number of hydrogen-bond donors (Lipinski definition) is 1. The van der Waals surface area contributed by atoms with Crippen LogP contribution in [0.5, 0.6) is 5.88 Å². The Morgan fingerprint density at radius 1 is 1.00 bits per heavy atom. The zero-order valence-corrected chi connectivity index (χ0v) is 12.4. The van der Waals surface area contributed by atoms with Gasteiger partial charge in [-0.1, -0.05) is 30.3 Å². The summed E-state index contributed by atoms with van der Waals surface area (Å²) >= 11 is 1.50. The third-order valence-corrected chi connectivity index (χ3v) is 4.18. The molecule has 0 amide bonds. The van der Waals surface area contributed by atoms with Crippen LogP contribution in [-0.2, 0) is 6.61 Å². The van der Waals surface area contributed by atoms with Gasteiger partial charge >= 0.3 is 0 Å². The summed E-state index contributed by atoms with van der Waals surface area (Å²) in [6, 6.07) is 13.7. The molecule has 0 bridgehead atoms. The lowest BCUT2D eigenvalue weighted by Gasteiger charge is -2.07. The smallest absolute Gasteiger partial charge is 0.214 e. The normalized spacial score (nSPS) is 11.1. The van der Waals surface area contributed by atoms with Gasteiger partial charge in [0.1, 0.15) is 17.6 Å². The molecule has 0 radical (unpaired) electrons. The van der Waals surface area contributed by atoms with E-state index in [2.05, 4.69) is 15.0 Å². The Bertz CT molecular complexity index is 952. The number of pyridine rings is 2. The Balaban J connectivity index is 1.72. The van der Waals surface area contributed by atoms with Gasteiger partial charge in [0.25, 0.3) is 0 Å². The molecule has 108 valence electrons. The van der Waals surface area contributed by atoms with Crippen LogP contribution in [0.2, 0.25) is 0 Å². The summed E-state index contributed by atoms with van der Waals surface area (Å²) in [6.45, 7) is 0.480.